The van der Waals surface area contributed by atoms with Crippen molar-refractivity contribution in [1.82, 2.24) is 4.90 Å². The molecule has 2 heteroatoms. The van der Waals surface area contributed by atoms with E-state index in [1.807, 2.05) is 0 Å². The van der Waals surface area contributed by atoms with Gasteiger partial charge in [-0.25, -0.2) is 0 Å². The summed E-state index contributed by atoms with van der Waals surface area (Å²) in [6, 6.07) is 0.453. The van der Waals surface area contributed by atoms with Crippen LogP contribution in [0.2, 0.25) is 0 Å². The molecule has 0 aromatic carbocycles. The Morgan fingerprint density at radius 2 is 1.88 bits per heavy atom. The van der Waals surface area contributed by atoms with Gasteiger partial charge in [0.15, 0.2) is 0 Å². The second-order valence-corrected chi connectivity index (χ2v) is 5.78. The Morgan fingerprint density at radius 1 is 1.12 bits per heavy atom. The van der Waals surface area contributed by atoms with Gasteiger partial charge in [0, 0.05) is 12.6 Å². The molecule has 0 radical (unpaired) electrons. The lowest BCUT2D eigenvalue weighted by Crippen LogP contribution is -2.43. The Kier molecular flexibility index (Phi) is 7.14. The van der Waals surface area contributed by atoms with Crippen LogP contribution in [0.3, 0.4) is 0 Å². The summed E-state index contributed by atoms with van der Waals surface area (Å²) in [6.07, 6.45) is 7.98. The maximum atomic E-state index is 6.31. The summed E-state index contributed by atoms with van der Waals surface area (Å²) < 4.78 is 0. The molecule has 0 saturated heterocycles. The SMILES string of the molecule is CCCC1CCC(N)C(CN(CC)CCC)C1. The van der Waals surface area contributed by atoms with Gasteiger partial charge < -0.3 is 10.6 Å². The van der Waals surface area contributed by atoms with E-state index in [-0.39, 0.29) is 0 Å². The summed E-state index contributed by atoms with van der Waals surface area (Å²) in [5.41, 5.74) is 6.31. The van der Waals surface area contributed by atoms with Crippen LogP contribution >= 0.6 is 0 Å². The predicted octanol–water partition coefficient (Wildman–Crippen LogP) is 3.26. The smallest absolute Gasteiger partial charge is 0.00795 e. The normalized spacial score (nSPS) is 29.8. The standard InChI is InChI=1S/C15H32N2/c1-4-7-13-8-9-15(16)14(11-13)12-17(6-3)10-5-2/h13-15H,4-12,16H2,1-3H3. The first-order valence-corrected chi connectivity index (χ1v) is 7.69. The molecular formula is C15H32N2. The fraction of sp³-hybridized carbons (Fsp3) is 1.00. The minimum Gasteiger partial charge on any atom is -0.327 e. The van der Waals surface area contributed by atoms with E-state index in [9.17, 15) is 0 Å². The van der Waals surface area contributed by atoms with Crippen LogP contribution < -0.4 is 5.73 Å². The first-order chi connectivity index (χ1) is 8.21. The fourth-order valence-corrected chi connectivity index (χ4v) is 3.29. The molecule has 1 aliphatic rings. The second-order valence-electron chi connectivity index (χ2n) is 5.78. The van der Waals surface area contributed by atoms with E-state index in [4.69, 9.17) is 5.73 Å². The minimum absolute atomic E-state index is 0.453. The molecule has 3 unspecified atom stereocenters. The average Bonchev–Trinajstić information content (AvgIpc) is 2.33. The Labute approximate surface area is 108 Å². The highest BCUT2D eigenvalue weighted by Gasteiger charge is 2.28. The van der Waals surface area contributed by atoms with Crippen LogP contribution in [0.15, 0.2) is 0 Å². The largest absolute Gasteiger partial charge is 0.327 e. The minimum atomic E-state index is 0.453. The number of hydrogen-bond acceptors (Lipinski definition) is 2. The molecule has 3 atom stereocenters. The van der Waals surface area contributed by atoms with Crippen molar-refractivity contribution < 1.29 is 0 Å². The topological polar surface area (TPSA) is 29.3 Å². The van der Waals surface area contributed by atoms with Crippen molar-refractivity contribution in [3.63, 3.8) is 0 Å². The third-order valence-electron chi connectivity index (χ3n) is 4.33. The quantitative estimate of drug-likeness (QED) is 0.740. The molecule has 0 spiro atoms. The first kappa shape index (κ1) is 15.0. The molecule has 0 aromatic heterocycles. The summed E-state index contributed by atoms with van der Waals surface area (Å²) in [7, 11) is 0. The van der Waals surface area contributed by atoms with Gasteiger partial charge in [-0.1, -0.05) is 33.6 Å². The van der Waals surface area contributed by atoms with E-state index in [1.54, 1.807) is 0 Å². The molecule has 0 aromatic rings. The Hall–Kier alpha value is -0.0800. The highest BCUT2D eigenvalue weighted by molar-refractivity contribution is 4.84. The van der Waals surface area contributed by atoms with E-state index < -0.39 is 0 Å². The van der Waals surface area contributed by atoms with E-state index in [0.717, 1.165) is 11.8 Å². The van der Waals surface area contributed by atoms with Gasteiger partial charge in [-0.15, -0.1) is 0 Å². The third kappa shape index (κ3) is 4.97. The van der Waals surface area contributed by atoms with Crippen LogP contribution in [0.25, 0.3) is 0 Å². The number of rotatable bonds is 7. The molecule has 102 valence electrons. The van der Waals surface area contributed by atoms with Gasteiger partial charge in [-0.3, -0.25) is 0 Å². The van der Waals surface area contributed by atoms with Crippen molar-refractivity contribution in [2.45, 2.75) is 65.3 Å². The number of hydrogen-bond donors (Lipinski definition) is 1. The van der Waals surface area contributed by atoms with Gasteiger partial charge in [0.05, 0.1) is 0 Å². The van der Waals surface area contributed by atoms with E-state index >= 15 is 0 Å². The van der Waals surface area contributed by atoms with Crippen LogP contribution in [-0.4, -0.2) is 30.6 Å². The Balaban J connectivity index is 2.42. The highest BCUT2D eigenvalue weighted by atomic mass is 15.1. The lowest BCUT2D eigenvalue weighted by atomic mass is 9.76. The summed E-state index contributed by atoms with van der Waals surface area (Å²) >= 11 is 0. The summed E-state index contributed by atoms with van der Waals surface area (Å²) in [5.74, 6) is 1.69. The second kappa shape index (κ2) is 8.10. The summed E-state index contributed by atoms with van der Waals surface area (Å²) in [5, 5.41) is 0. The molecule has 0 heterocycles. The fourth-order valence-electron chi connectivity index (χ4n) is 3.29. The van der Waals surface area contributed by atoms with Gasteiger partial charge in [0.25, 0.3) is 0 Å². The maximum absolute atomic E-state index is 6.31. The highest BCUT2D eigenvalue weighted by Crippen LogP contribution is 2.31. The van der Waals surface area contributed by atoms with Crippen molar-refractivity contribution in [3.8, 4) is 0 Å². The van der Waals surface area contributed by atoms with Crippen molar-refractivity contribution in [2.24, 2.45) is 17.6 Å². The molecule has 0 bridgehead atoms. The lowest BCUT2D eigenvalue weighted by Gasteiger charge is -2.37. The van der Waals surface area contributed by atoms with Gasteiger partial charge in [-0.2, -0.15) is 0 Å². The van der Waals surface area contributed by atoms with Crippen LogP contribution in [-0.2, 0) is 0 Å². The van der Waals surface area contributed by atoms with E-state index in [1.165, 1.54) is 58.2 Å². The van der Waals surface area contributed by atoms with Gasteiger partial charge >= 0.3 is 0 Å². The van der Waals surface area contributed by atoms with Crippen LogP contribution in [0.4, 0.5) is 0 Å². The van der Waals surface area contributed by atoms with E-state index in [2.05, 4.69) is 25.7 Å². The molecule has 0 amide bonds. The maximum Gasteiger partial charge on any atom is 0.00795 e. The van der Waals surface area contributed by atoms with Gasteiger partial charge in [0.1, 0.15) is 0 Å². The third-order valence-corrected chi connectivity index (χ3v) is 4.33. The van der Waals surface area contributed by atoms with Crippen molar-refractivity contribution >= 4 is 0 Å². The molecule has 1 rings (SSSR count). The average molecular weight is 240 g/mol. The number of nitrogens with two attached hydrogens (primary N) is 1. The lowest BCUT2D eigenvalue weighted by molar-refractivity contribution is 0.155. The van der Waals surface area contributed by atoms with Crippen molar-refractivity contribution in [2.75, 3.05) is 19.6 Å². The monoisotopic (exact) mass is 240 g/mol. The van der Waals surface area contributed by atoms with Gasteiger partial charge in [-0.05, 0) is 50.6 Å². The van der Waals surface area contributed by atoms with Crippen LogP contribution in [0.5, 0.6) is 0 Å². The summed E-state index contributed by atoms with van der Waals surface area (Å²) in [6.45, 7) is 10.5. The van der Waals surface area contributed by atoms with Gasteiger partial charge in [0.2, 0.25) is 0 Å². The molecule has 1 aliphatic carbocycles. The predicted molar refractivity (Wildman–Crippen MR) is 76.1 cm³/mol. The first-order valence-electron chi connectivity index (χ1n) is 7.69. The molecule has 2 nitrogen and oxygen atoms in total. The molecular weight excluding hydrogens is 208 g/mol. The molecule has 1 saturated carbocycles. The van der Waals surface area contributed by atoms with Crippen molar-refractivity contribution in [1.29, 1.82) is 0 Å². The molecule has 0 aliphatic heterocycles. The zero-order valence-electron chi connectivity index (χ0n) is 12.1. The van der Waals surface area contributed by atoms with E-state index in [0.29, 0.717) is 6.04 Å². The zero-order chi connectivity index (χ0) is 12.7. The Bertz CT molecular complexity index is 193. The zero-order valence-corrected chi connectivity index (χ0v) is 12.1. The molecule has 1 fully saturated rings. The molecule has 17 heavy (non-hydrogen) atoms. The summed E-state index contributed by atoms with van der Waals surface area (Å²) in [4.78, 5) is 2.58. The van der Waals surface area contributed by atoms with Crippen LogP contribution in [0.1, 0.15) is 59.3 Å². The number of nitrogens with zero attached hydrogens (tertiary/aromatic N) is 1. The molecule has 2 N–H and O–H groups in total. The Morgan fingerprint density at radius 3 is 2.47 bits per heavy atom. The van der Waals surface area contributed by atoms with Crippen molar-refractivity contribution in [3.05, 3.63) is 0 Å². The van der Waals surface area contributed by atoms with Crippen LogP contribution in [0, 0.1) is 11.8 Å².